The zero-order chi connectivity index (χ0) is 19.7. The summed E-state index contributed by atoms with van der Waals surface area (Å²) in [6.45, 7) is 2.73. The Balaban J connectivity index is 1.83. The van der Waals surface area contributed by atoms with E-state index < -0.39 is 0 Å². The van der Waals surface area contributed by atoms with Crippen LogP contribution in [0.25, 0.3) is 22.0 Å². The monoisotopic (exact) mass is 380 g/mol. The van der Waals surface area contributed by atoms with Gasteiger partial charge in [0.25, 0.3) is 5.56 Å². The van der Waals surface area contributed by atoms with Crippen LogP contribution < -0.4 is 16.6 Å². The van der Waals surface area contributed by atoms with E-state index in [9.17, 15) is 9.90 Å². The minimum atomic E-state index is -0.0631. The molecule has 0 aliphatic heterocycles. The number of aliphatic hydroxyl groups is 1. The number of aliphatic hydroxyl groups excluding tert-OH is 1. The fourth-order valence-corrected chi connectivity index (χ4v) is 3.84. The summed E-state index contributed by atoms with van der Waals surface area (Å²) in [6.07, 6.45) is 7.84. The van der Waals surface area contributed by atoms with Gasteiger partial charge in [-0.05, 0) is 49.6 Å². The third-order valence-corrected chi connectivity index (χ3v) is 5.41. The first kappa shape index (κ1) is 18.4. The highest BCUT2D eigenvalue weighted by atomic mass is 16.3. The second kappa shape index (κ2) is 7.55. The number of pyridine rings is 2. The normalized spacial score (nSPS) is 19.2. The standard InChI is InChI=1S/C20H24N6O2/c1-2-26-6-5-13-8-16(14-9-22-20(21)23-10-14)25-18(17(13)19(26)28)24-15-4-3-12(7-15)11-27/h5-6,8-10,12,15,27H,2-4,7,11H2,1H3,(H,24,25)(H2,21,22,23)/t12-,15+/m1/s1. The number of aromatic nitrogens is 4. The van der Waals surface area contributed by atoms with E-state index in [1.54, 1.807) is 23.2 Å². The quantitative estimate of drug-likeness (QED) is 0.619. The van der Waals surface area contributed by atoms with Crippen molar-refractivity contribution in [3.05, 3.63) is 41.1 Å². The maximum Gasteiger partial charge on any atom is 0.262 e. The van der Waals surface area contributed by atoms with Crippen LogP contribution >= 0.6 is 0 Å². The van der Waals surface area contributed by atoms with Gasteiger partial charge in [0, 0.05) is 43.3 Å². The number of aryl methyl sites for hydroxylation is 1. The van der Waals surface area contributed by atoms with Crippen molar-refractivity contribution in [2.45, 2.75) is 38.8 Å². The van der Waals surface area contributed by atoms with Crippen LogP contribution in [0.15, 0.2) is 35.5 Å². The molecule has 3 aromatic rings. The number of rotatable bonds is 5. The van der Waals surface area contributed by atoms with Gasteiger partial charge in [-0.15, -0.1) is 0 Å². The van der Waals surface area contributed by atoms with Crippen LogP contribution in [0.4, 0.5) is 11.8 Å². The zero-order valence-corrected chi connectivity index (χ0v) is 15.8. The Labute approximate surface area is 162 Å². The summed E-state index contributed by atoms with van der Waals surface area (Å²) in [5.41, 5.74) is 6.95. The predicted molar refractivity (Wildman–Crippen MR) is 109 cm³/mol. The van der Waals surface area contributed by atoms with Gasteiger partial charge in [0.05, 0.1) is 11.1 Å². The van der Waals surface area contributed by atoms with Crippen LogP contribution in [0.2, 0.25) is 0 Å². The summed E-state index contributed by atoms with van der Waals surface area (Å²) < 4.78 is 1.67. The third kappa shape index (κ3) is 3.43. The average molecular weight is 380 g/mol. The van der Waals surface area contributed by atoms with Gasteiger partial charge in [-0.25, -0.2) is 15.0 Å². The van der Waals surface area contributed by atoms with E-state index in [0.29, 0.717) is 29.4 Å². The summed E-state index contributed by atoms with van der Waals surface area (Å²) in [5.74, 6) is 1.07. The van der Waals surface area contributed by atoms with Gasteiger partial charge in [0.2, 0.25) is 5.95 Å². The van der Waals surface area contributed by atoms with Crippen molar-refractivity contribution in [1.82, 2.24) is 19.5 Å². The largest absolute Gasteiger partial charge is 0.396 e. The van der Waals surface area contributed by atoms with Crippen molar-refractivity contribution >= 4 is 22.5 Å². The van der Waals surface area contributed by atoms with Gasteiger partial charge in [-0.2, -0.15) is 0 Å². The number of nitrogens with two attached hydrogens (primary N) is 1. The number of hydrogen-bond acceptors (Lipinski definition) is 7. The molecule has 0 spiro atoms. The summed E-state index contributed by atoms with van der Waals surface area (Å²) in [7, 11) is 0. The lowest BCUT2D eigenvalue weighted by atomic mass is 10.1. The Hall–Kier alpha value is -3.00. The summed E-state index contributed by atoms with van der Waals surface area (Å²) in [5, 5.41) is 14.3. The summed E-state index contributed by atoms with van der Waals surface area (Å²) >= 11 is 0. The number of hydrogen-bond donors (Lipinski definition) is 3. The lowest BCUT2D eigenvalue weighted by Gasteiger charge is -2.17. The zero-order valence-electron chi connectivity index (χ0n) is 15.8. The van der Waals surface area contributed by atoms with Crippen LogP contribution in [-0.4, -0.2) is 37.3 Å². The molecule has 2 atom stereocenters. The number of fused-ring (bicyclic) bond motifs is 1. The van der Waals surface area contributed by atoms with E-state index in [2.05, 4.69) is 15.3 Å². The molecular formula is C20H24N6O2. The molecule has 0 radical (unpaired) electrons. The van der Waals surface area contributed by atoms with Gasteiger partial charge in [0.1, 0.15) is 5.82 Å². The van der Waals surface area contributed by atoms with Gasteiger partial charge >= 0.3 is 0 Å². The number of nitrogen functional groups attached to an aromatic ring is 1. The molecule has 8 heteroatoms. The van der Waals surface area contributed by atoms with E-state index >= 15 is 0 Å². The van der Waals surface area contributed by atoms with Gasteiger partial charge in [0.15, 0.2) is 0 Å². The maximum atomic E-state index is 13.0. The fraction of sp³-hybridized carbons (Fsp3) is 0.400. The molecule has 3 aromatic heterocycles. The molecule has 1 aliphatic carbocycles. The molecule has 8 nitrogen and oxygen atoms in total. The van der Waals surface area contributed by atoms with Crippen LogP contribution in [0.3, 0.4) is 0 Å². The van der Waals surface area contributed by atoms with Crippen molar-refractivity contribution in [3.63, 3.8) is 0 Å². The van der Waals surface area contributed by atoms with E-state index in [-0.39, 0.29) is 24.2 Å². The maximum absolute atomic E-state index is 13.0. The number of nitrogens with one attached hydrogen (secondary N) is 1. The van der Waals surface area contributed by atoms with Crippen LogP contribution in [0, 0.1) is 5.92 Å². The first-order valence-electron chi connectivity index (χ1n) is 9.58. The SMILES string of the molecule is CCn1ccc2cc(-c3cnc(N)nc3)nc(N[C@H]3CC[C@@H](CO)C3)c2c1=O. The fourth-order valence-electron chi connectivity index (χ4n) is 3.84. The minimum Gasteiger partial charge on any atom is -0.396 e. The van der Waals surface area contributed by atoms with Crippen LogP contribution in [0.1, 0.15) is 26.2 Å². The molecule has 0 bridgehead atoms. The topological polar surface area (TPSA) is 119 Å². The lowest BCUT2D eigenvalue weighted by Crippen LogP contribution is -2.23. The van der Waals surface area contributed by atoms with Crippen molar-refractivity contribution < 1.29 is 5.11 Å². The van der Waals surface area contributed by atoms with Crippen molar-refractivity contribution in [3.8, 4) is 11.3 Å². The Morgan fingerprint density at radius 2 is 2.11 bits per heavy atom. The average Bonchev–Trinajstić information content (AvgIpc) is 3.16. The smallest absolute Gasteiger partial charge is 0.262 e. The van der Waals surface area contributed by atoms with Gasteiger partial charge in [-0.1, -0.05) is 0 Å². The van der Waals surface area contributed by atoms with E-state index in [1.165, 1.54) is 0 Å². The molecule has 0 aromatic carbocycles. The molecule has 4 rings (SSSR count). The van der Waals surface area contributed by atoms with E-state index in [4.69, 9.17) is 10.7 Å². The van der Waals surface area contributed by atoms with Gasteiger partial charge < -0.3 is 20.7 Å². The summed E-state index contributed by atoms with van der Waals surface area (Å²) in [4.78, 5) is 25.8. The molecule has 1 aliphatic rings. The highest BCUT2D eigenvalue weighted by molar-refractivity contribution is 5.93. The van der Waals surface area contributed by atoms with Crippen molar-refractivity contribution in [1.29, 1.82) is 0 Å². The Bertz CT molecular complexity index is 1050. The van der Waals surface area contributed by atoms with Crippen LogP contribution in [-0.2, 0) is 6.54 Å². The molecule has 1 saturated carbocycles. The molecule has 4 N–H and O–H groups in total. The number of anilines is 2. The number of nitrogens with zero attached hydrogens (tertiary/aromatic N) is 4. The third-order valence-electron chi connectivity index (χ3n) is 5.41. The molecule has 146 valence electrons. The van der Waals surface area contributed by atoms with Crippen LogP contribution in [0.5, 0.6) is 0 Å². The molecule has 0 amide bonds. The van der Waals surface area contributed by atoms with Gasteiger partial charge in [-0.3, -0.25) is 4.79 Å². The predicted octanol–water partition coefficient (Wildman–Crippen LogP) is 2.03. The minimum absolute atomic E-state index is 0.0631. The molecule has 1 fully saturated rings. The Kier molecular flexibility index (Phi) is 4.95. The first-order valence-corrected chi connectivity index (χ1v) is 9.58. The highest BCUT2D eigenvalue weighted by Gasteiger charge is 2.25. The first-order chi connectivity index (χ1) is 13.6. The Morgan fingerprint density at radius 1 is 1.32 bits per heavy atom. The lowest BCUT2D eigenvalue weighted by molar-refractivity contribution is 0.229. The molecular weight excluding hydrogens is 356 g/mol. The molecule has 3 heterocycles. The second-order valence-corrected chi connectivity index (χ2v) is 7.26. The Morgan fingerprint density at radius 3 is 2.79 bits per heavy atom. The van der Waals surface area contributed by atoms with E-state index in [1.807, 2.05) is 19.1 Å². The molecule has 28 heavy (non-hydrogen) atoms. The van der Waals surface area contributed by atoms with Crippen molar-refractivity contribution in [2.24, 2.45) is 5.92 Å². The second-order valence-electron chi connectivity index (χ2n) is 7.26. The molecule has 0 unspecified atom stereocenters. The van der Waals surface area contributed by atoms with Crippen molar-refractivity contribution in [2.75, 3.05) is 17.7 Å². The summed E-state index contributed by atoms with van der Waals surface area (Å²) in [6, 6.07) is 3.99. The molecule has 0 saturated heterocycles. The highest BCUT2D eigenvalue weighted by Crippen LogP contribution is 2.31. The van der Waals surface area contributed by atoms with E-state index in [0.717, 1.165) is 30.2 Å².